The molecule has 0 radical (unpaired) electrons. The van der Waals surface area contributed by atoms with E-state index in [1.54, 1.807) is 0 Å². The van der Waals surface area contributed by atoms with Crippen LogP contribution in [0.5, 0.6) is 0 Å². The Hall–Kier alpha value is -2.61. The molecule has 0 saturated carbocycles. The molecule has 0 atom stereocenters. The van der Waals surface area contributed by atoms with Gasteiger partial charge in [0.1, 0.15) is 16.9 Å². The van der Waals surface area contributed by atoms with Crippen molar-refractivity contribution in [3.05, 3.63) is 66.9 Å². The van der Waals surface area contributed by atoms with Crippen molar-refractivity contribution in [3.63, 3.8) is 0 Å². The number of aromatic nitrogens is 2. The first-order valence-corrected chi connectivity index (χ1v) is 11.8. The van der Waals surface area contributed by atoms with Crippen LogP contribution in [0.1, 0.15) is 66.9 Å². The molecule has 0 unspecified atom stereocenters. The van der Waals surface area contributed by atoms with Crippen molar-refractivity contribution in [3.8, 4) is 5.69 Å². The third-order valence-electron chi connectivity index (χ3n) is 9.05. The third kappa shape index (κ3) is 2.62. The van der Waals surface area contributed by atoms with Crippen LogP contribution in [0.25, 0.3) is 27.6 Å². The van der Waals surface area contributed by atoms with E-state index in [1.165, 1.54) is 94.5 Å². The lowest BCUT2D eigenvalue weighted by molar-refractivity contribution is -0.654. The molecule has 32 heavy (non-hydrogen) atoms. The molecule has 0 saturated heterocycles. The molecule has 0 bridgehead atoms. The Bertz CT molecular complexity index is 1370. The number of benzene rings is 2. The molecule has 0 amide bonds. The monoisotopic (exact) mass is 427 g/mol. The average molecular weight is 428 g/mol. The minimum absolute atomic E-state index is 1.31. The van der Waals surface area contributed by atoms with E-state index in [1.807, 2.05) is 0 Å². The molecule has 0 N–H and O–H groups in total. The van der Waals surface area contributed by atoms with E-state index in [0.717, 1.165) is 0 Å². The van der Waals surface area contributed by atoms with Gasteiger partial charge < -0.3 is 0 Å². The van der Waals surface area contributed by atoms with Crippen molar-refractivity contribution >= 4 is 21.9 Å². The summed E-state index contributed by atoms with van der Waals surface area (Å²) in [7, 11) is 2.24. The number of pyridine rings is 1. The van der Waals surface area contributed by atoms with Crippen molar-refractivity contribution in [2.24, 2.45) is 7.05 Å². The molecule has 0 aliphatic carbocycles. The molecule has 4 rings (SSSR count). The van der Waals surface area contributed by atoms with E-state index in [-0.39, 0.29) is 0 Å². The summed E-state index contributed by atoms with van der Waals surface area (Å²) in [5, 5.41) is 2.83. The predicted octanol–water partition coefficient (Wildman–Crippen LogP) is 7.31. The molecule has 2 nitrogen and oxygen atoms in total. The Morgan fingerprint density at radius 1 is 0.438 bits per heavy atom. The second-order valence-electron chi connectivity index (χ2n) is 10.1. The van der Waals surface area contributed by atoms with Crippen LogP contribution in [0.15, 0.2) is 0 Å². The Labute approximate surface area is 193 Å². The van der Waals surface area contributed by atoms with E-state index in [0.29, 0.717) is 0 Å². The number of hydrogen-bond donors (Lipinski definition) is 0. The summed E-state index contributed by atoms with van der Waals surface area (Å²) in [5.41, 5.74) is 20.8. The Balaban J connectivity index is 2.50. The number of fused-ring (bicyclic) bond motifs is 3. The fourth-order valence-corrected chi connectivity index (χ4v) is 5.78. The fourth-order valence-electron chi connectivity index (χ4n) is 5.78. The summed E-state index contributed by atoms with van der Waals surface area (Å²) in [6, 6.07) is 0. The van der Waals surface area contributed by atoms with E-state index >= 15 is 0 Å². The standard InChI is InChI=1S/C30H39N2/c1-14-16(3)22(9)28(23(10)17(14)4)32-29-24(11)18(5)15(2)20(7)26(29)27-21(8)19(6)25(12)31(13)30(27)32/h1-13H3/q+1. The van der Waals surface area contributed by atoms with Crippen LogP contribution in [-0.2, 0) is 7.05 Å². The second kappa shape index (κ2) is 7.20. The first kappa shape index (κ1) is 22.6. The van der Waals surface area contributed by atoms with Gasteiger partial charge in [-0.05, 0) is 139 Å². The summed E-state index contributed by atoms with van der Waals surface area (Å²) < 4.78 is 5.02. The van der Waals surface area contributed by atoms with Gasteiger partial charge in [0, 0.05) is 10.9 Å². The molecule has 2 heteroatoms. The smallest absolute Gasteiger partial charge is 0.233 e. The molecular weight excluding hydrogens is 388 g/mol. The molecule has 0 aliphatic heterocycles. The number of rotatable bonds is 1. The third-order valence-corrected chi connectivity index (χ3v) is 9.05. The van der Waals surface area contributed by atoms with Gasteiger partial charge in [0.15, 0.2) is 0 Å². The second-order valence-corrected chi connectivity index (χ2v) is 10.1. The van der Waals surface area contributed by atoms with Gasteiger partial charge in [-0.25, -0.2) is 4.57 Å². The van der Waals surface area contributed by atoms with Crippen LogP contribution >= 0.6 is 0 Å². The topological polar surface area (TPSA) is 8.81 Å². The normalized spacial score (nSPS) is 11.9. The quantitative estimate of drug-likeness (QED) is 0.282. The van der Waals surface area contributed by atoms with Crippen LogP contribution in [-0.4, -0.2) is 4.57 Å². The largest absolute Gasteiger partial charge is 0.295 e. The minimum Gasteiger partial charge on any atom is -0.233 e. The van der Waals surface area contributed by atoms with Gasteiger partial charge in [-0.3, -0.25) is 0 Å². The van der Waals surface area contributed by atoms with Crippen molar-refractivity contribution < 1.29 is 4.57 Å². The van der Waals surface area contributed by atoms with Crippen molar-refractivity contribution in [1.82, 2.24) is 4.57 Å². The van der Waals surface area contributed by atoms with Crippen LogP contribution in [0.4, 0.5) is 0 Å². The maximum atomic E-state index is 2.60. The first-order valence-electron chi connectivity index (χ1n) is 11.8. The SMILES string of the molecule is Cc1c(C)c(C)c(-n2c3c(C)c(C)c(C)c(C)c3c3c(C)c(C)c(C)[n+](C)c32)c(C)c1C. The minimum atomic E-state index is 1.31. The highest BCUT2D eigenvalue weighted by Crippen LogP contribution is 2.42. The molecule has 168 valence electrons. The lowest BCUT2D eigenvalue weighted by Crippen LogP contribution is -2.36. The van der Waals surface area contributed by atoms with Crippen LogP contribution in [0.2, 0.25) is 0 Å². The van der Waals surface area contributed by atoms with Gasteiger partial charge in [0.05, 0.1) is 12.4 Å². The van der Waals surface area contributed by atoms with Gasteiger partial charge >= 0.3 is 0 Å². The number of hydrogen-bond acceptors (Lipinski definition) is 0. The average Bonchev–Trinajstić information content (AvgIpc) is 3.12. The summed E-state index contributed by atoms with van der Waals surface area (Å²) in [6.07, 6.45) is 0. The van der Waals surface area contributed by atoms with Crippen molar-refractivity contribution in [2.45, 2.75) is 83.1 Å². The molecule has 2 aromatic carbocycles. The Morgan fingerprint density at radius 3 is 1.38 bits per heavy atom. The lowest BCUT2D eigenvalue weighted by Gasteiger charge is -2.18. The zero-order valence-corrected chi connectivity index (χ0v) is 22.4. The van der Waals surface area contributed by atoms with E-state index in [9.17, 15) is 0 Å². The first-order chi connectivity index (χ1) is 14.8. The van der Waals surface area contributed by atoms with Gasteiger partial charge in [-0.1, -0.05) is 0 Å². The lowest BCUT2D eigenvalue weighted by atomic mass is 9.91. The van der Waals surface area contributed by atoms with Gasteiger partial charge in [0.25, 0.3) is 5.65 Å². The zero-order chi connectivity index (χ0) is 24.0. The van der Waals surface area contributed by atoms with Gasteiger partial charge in [-0.2, -0.15) is 4.57 Å². The van der Waals surface area contributed by atoms with Crippen LogP contribution < -0.4 is 4.57 Å². The summed E-state index contributed by atoms with van der Waals surface area (Å²) in [5.74, 6) is 0. The Kier molecular flexibility index (Phi) is 5.08. The van der Waals surface area contributed by atoms with E-state index in [4.69, 9.17) is 0 Å². The van der Waals surface area contributed by atoms with Gasteiger partial charge in [-0.15, -0.1) is 0 Å². The van der Waals surface area contributed by atoms with Crippen molar-refractivity contribution in [2.75, 3.05) is 0 Å². The summed E-state index contributed by atoms with van der Waals surface area (Å²) >= 11 is 0. The van der Waals surface area contributed by atoms with Crippen molar-refractivity contribution in [1.29, 1.82) is 0 Å². The highest BCUT2D eigenvalue weighted by atomic mass is 15.1. The van der Waals surface area contributed by atoms with E-state index in [2.05, 4.69) is 99.3 Å². The molecule has 2 heterocycles. The number of nitrogens with zero attached hydrogens (tertiary/aromatic N) is 2. The number of aryl methyl sites for hydroxylation is 4. The van der Waals surface area contributed by atoms with Crippen LogP contribution in [0.3, 0.4) is 0 Å². The Morgan fingerprint density at radius 2 is 0.844 bits per heavy atom. The molecule has 4 aromatic rings. The highest BCUT2D eigenvalue weighted by molar-refractivity contribution is 6.12. The maximum absolute atomic E-state index is 2.60. The fraction of sp³-hybridized carbons (Fsp3) is 0.433. The molecular formula is C30H39N2+. The van der Waals surface area contributed by atoms with Crippen LogP contribution in [0, 0.1) is 83.1 Å². The zero-order valence-electron chi connectivity index (χ0n) is 22.4. The highest BCUT2D eigenvalue weighted by Gasteiger charge is 2.32. The summed E-state index contributed by atoms with van der Waals surface area (Å²) in [6.45, 7) is 27.5. The van der Waals surface area contributed by atoms with E-state index < -0.39 is 0 Å². The molecule has 0 aliphatic rings. The summed E-state index contributed by atoms with van der Waals surface area (Å²) in [4.78, 5) is 0. The predicted molar refractivity (Wildman–Crippen MR) is 139 cm³/mol. The van der Waals surface area contributed by atoms with Gasteiger partial charge in [0.2, 0.25) is 0 Å². The molecule has 0 fully saturated rings. The molecule has 0 spiro atoms. The maximum Gasteiger partial charge on any atom is 0.295 e. The molecule has 2 aromatic heterocycles.